The third kappa shape index (κ3) is 4.88. The number of halogens is 5. The van der Waals surface area contributed by atoms with Gasteiger partial charge in [0.15, 0.2) is 5.69 Å². The minimum absolute atomic E-state index is 0.00154. The van der Waals surface area contributed by atoms with Gasteiger partial charge in [-0.15, -0.1) is 0 Å². The van der Waals surface area contributed by atoms with E-state index in [4.69, 9.17) is 0 Å². The Morgan fingerprint density at radius 3 is 2.33 bits per heavy atom. The van der Waals surface area contributed by atoms with E-state index in [1.165, 1.54) is 23.0 Å². The lowest BCUT2D eigenvalue weighted by atomic mass is 9.85. The predicted molar refractivity (Wildman–Crippen MR) is 146 cm³/mol. The topological polar surface area (TPSA) is 83.4 Å². The molecule has 13 heteroatoms. The summed E-state index contributed by atoms with van der Waals surface area (Å²) >= 11 is 0. The van der Waals surface area contributed by atoms with Crippen molar-refractivity contribution in [2.24, 2.45) is 0 Å². The fourth-order valence-electron chi connectivity index (χ4n) is 5.87. The molecule has 2 aromatic carbocycles. The molecule has 0 unspecified atom stereocenters. The van der Waals surface area contributed by atoms with Crippen molar-refractivity contribution in [3.8, 4) is 16.9 Å². The Morgan fingerprint density at radius 2 is 1.70 bits per heavy atom. The minimum atomic E-state index is -4.87. The van der Waals surface area contributed by atoms with Crippen molar-refractivity contribution in [2.45, 2.75) is 31.5 Å². The van der Waals surface area contributed by atoms with Gasteiger partial charge in [-0.25, -0.2) is 13.5 Å². The van der Waals surface area contributed by atoms with E-state index in [9.17, 15) is 31.5 Å². The van der Waals surface area contributed by atoms with Crippen LogP contribution in [0, 0.1) is 18.6 Å². The highest BCUT2D eigenvalue weighted by molar-refractivity contribution is 5.97. The second-order valence-corrected chi connectivity index (χ2v) is 10.5. The number of piperidine rings is 1. The number of likely N-dealkylation sites (tertiary alicyclic amines) is 1. The summed E-state index contributed by atoms with van der Waals surface area (Å²) < 4.78 is 69.0. The minimum Gasteiger partial charge on any atom is -0.339 e. The van der Waals surface area contributed by atoms with Crippen LogP contribution in [-0.4, -0.2) is 56.8 Å². The van der Waals surface area contributed by atoms with E-state index in [1.807, 2.05) is 4.90 Å². The van der Waals surface area contributed by atoms with E-state index in [0.717, 1.165) is 12.1 Å². The Labute approximate surface area is 242 Å². The molecular formula is C30H25F5N6O2. The van der Waals surface area contributed by atoms with Gasteiger partial charge in [0.1, 0.15) is 17.2 Å². The first-order valence-electron chi connectivity index (χ1n) is 13.5. The normalized spacial score (nSPS) is 16.6. The van der Waals surface area contributed by atoms with Gasteiger partial charge in [-0.1, -0.05) is 0 Å². The molecular weight excluding hydrogens is 571 g/mol. The van der Waals surface area contributed by atoms with Gasteiger partial charge in [-0.2, -0.15) is 18.3 Å². The number of aromatic nitrogens is 3. The average molecular weight is 597 g/mol. The number of alkyl halides is 3. The second kappa shape index (κ2) is 10.5. The number of amides is 2. The number of hydrogen-bond acceptors (Lipinski definition) is 5. The van der Waals surface area contributed by atoms with E-state index < -0.39 is 34.8 Å². The van der Waals surface area contributed by atoms with Crippen LogP contribution >= 0.6 is 0 Å². The van der Waals surface area contributed by atoms with Crippen LogP contribution in [0.2, 0.25) is 0 Å². The van der Waals surface area contributed by atoms with Gasteiger partial charge in [-0.3, -0.25) is 14.6 Å². The highest BCUT2D eigenvalue weighted by Crippen LogP contribution is 2.38. The number of nitrogens with zero attached hydrogens (tertiary/aromatic N) is 5. The van der Waals surface area contributed by atoms with Crippen molar-refractivity contribution >= 4 is 17.5 Å². The molecule has 8 nitrogen and oxygen atoms in total. The molecule has 4 aromatic rings. The fraction of sp³-hybridized carbons (Fsp3) is 0.267. The third-order valence-electron chi connectivity index (χ3n) is 8.12. The second-order valence-electron chi connectivity index (χ2n) is 10.5. The van der Waals surface area contributed by atoms with Crippen molar-refractivity contribution in [3.05, 3.63) is 95.4 Å². The van der Waals surface area contributed by atoms with Crippen molar-refractivity contribution < 1.29 is 31.5 Å². The molecule has 0 atom stereocenters. The van der Waals surface area contributed by atoms with Crippen LogP contribution in [0.1, 0.15) is 34.5 Å². The number of nitrogens with one attached hydrogen (secondary N) is 1. The van der Waals surface area contributed by atoms with Gasteiger partial charge in [-0.05, 0) is 68.3 Å². The molecule has 0 saturated carbocycles. The summed E-state index contributed by atoms with van der Waals surface area (Å²) in [6.07, 6.45) is -1.20. The maximum absolute atomic E-state index is 14.6. The maximum atomic E-state index is 14.6. The molecule has 43 heavy (non-hydrogen) atoms. The van der Waals surface area contributed by atoms with Crippen LogP contribution < -0.4 is 10.2 Å². The van der Waals surface area contributed by atoms with Crippen LogP contribution in [0.25, 0.3) is 16.9 Å². The molecule has 0 aliphatic carbocycles. The largest absolute Gasteiger partial charge is 0.419 e. The lowest BCUT2D eigenvalue weighted by molar-refractivity contribution is -0.140. The zero-order chi connectivity index (χ0) is 30.5. The van der Waals surface area contributed by atoms with E-state index in [-0.39, 0.29) is 37.0 Å². The number of hydrogen-bond donors (Lipinski definition) is 1. The van der Waals surface area contributed by atoms with Crippen molar-refractivity contribution in [3.63, 3.8) is 0 Å². The molecule has 4 heterocycles. The Balaban J connectivity index is 1.32. The molecule has 2 amide bonds. The summed E-state index contributed by atoms with van der Waals surface area (Å²) in [4.78, 5) is 34.4. The quantitative estimate of drug-likeness (QED) is 0.331. The zero-order valence-corrected chi connectivity index (χ0v) is 22.8. The van der Waals surface area contributed by atoms with E-state index >= 15 is 0 Å². The molecule has 2 aliphatic heterocycles. The summed E-state index contributed by atoms with van der Waals surface area (Å²) in [6.45, 7) is 2.34. The number of carbonyl (C=O) groups is 2. The van der Waals surface area contributed by atoms with E-state index in [2.05, 4.69) is 15.4 Å². The molecule has 222 valence electrons. The summed E-state index contributed by atoms with van der Waals surface area (Å²) in [5, 5.41) is 7.32. The summed E-state index contributed by atoms with van der Waals surface area (Å²) in [6, 6.07) is 11.7. The summed E-state index contributed by atoms with van der Waals surface area (Å²) in [5.74, 6) is -2.47. The molecule has 1 spiro atoms. The smallest absolute Gasteiger partial charge is 0.339 e. The van der Waals surface area contributed by atoms with Crippen molar-refractivity contribution in [1.82, 2.24) is 25.0 Å². The van der Waals surface area contributed by atoms with Crippen LogP contribution in [0.5, 0.6) is 0 Å². The first-order valence-corrected chi connectivity index (χ1v) is 13.5. The summed E-state index contributed by atoms with van der Waals surface area (Å²) in [5.41, 5.74) is -0.259. The first-order chi connectivity index (χ1) is 20.5. The van der Waals surface area contributed by atoms with Crippen LogP contribution in [0.15, 0.2) is 67.0 Å². The molecule has 2 fully saturated rings. The molecule has 0 radical (unpaired) electrons. The number of rotatable bonds is 4. The lowest BCUT2D eigenvalue weighted by Crippen LogP contribution is -2.57. The monoisotopic (exact) mass is 596 g/mol. The molecule has 2 aliphatic rings. The summed E-state index contributed by atoms with van der Waals surface area (Å²) in [7, 11) is 0. The third-order valence-corrected chi connectivity index (χ3v) is 8.12. The highest BCUT2D eigenvalue weighted by atomic mass is 19.4. The van der Waals surface area contributed by atoms with Crippen molar-refractivity contribution in [1.29, 1.82) is 0 Å². The van der Waals surface area contributed by atoms with Gasteiger partial charge >= 0.3 is 6.18 Å². The molecule has 1 N–H and O–H groups in total. The lowest BCUT2D eigenvalue weighted by Gasteiger charge is -2.43. The average Bonchev–Trinajstić information content (AvgIpc) is 3.49. The Kier molecular flexibility index (Phi) is 6.90. The zero-order valence-electron chi connectivity index (χ0n) is 22.8. The maximum Gasteiger partial charge on any atom is 0.419 e. The predicted octanol–water partition coefficient (Wildman–Crippen LogP) is 5.11. The first kappa shape index (κ1) is 28.3. The number of pyridine rings is 1. The molecule has 2 aromatic heterocycles. The number of carbonyl (C=O) groups excluding carboxylic acids is 2. The molecule has 2 saturated heterocycles. The SMILES string of the molecule is Cc1c(C(=O)N2CCC3(CC2)C(=O)NCN3c2ccc(F)cc2)nn(-c2ccc(C(F)(F)F)c(F)c2)c1-c1cccnc1. The van der Waals surface area contributed by atoms with Gasteiger partial charge in [0.2, 0.25) is 5.91 Å². The highest BCUT2D eigenvalue weighted by Gasteiger charge is 2.51. The van der Waals surface area contributed by atoms with Crippen LogP contribution in [0.3, 0.4) is 0 Å². The standard InChI is InChI=1S/C30H25F5N6O2/c1-18-25(27(42)39-13-10-29(11-14-39)28(43)37-17-40(29)21-6-4-20(31)5-7-21)38-41(26(18)19-3-2-12-36-16-19)22-8-9-23(24(32)15-22)30(33,34)35/h2-9,12,15-16H,10-11,13-14,17H2,1H3,(H,37,43). The van der Waals surface area contributed by atoms with Crippen LogP contribution in [0.4, 0.5) is 27.6 Å². The van der Waals surface area contributed by atoms with Crippen LogP contribution in [-0.2, 0) is 11.0 Å². The fourth-order valence-corrected chi connectivity index (χ4v) is 5.87. The van der Waals surface area contributed by atoms with Gasteiger partial charge in [0.05, 0.1) is 23.6 Å². The van der Waals surface area contributed by atoms with Gasteiger partial charge in [0.25, 0.3) is 5.91 Å². The molecule has 6 rings (SSSR count). The van der Waals surface area contributed by atoms with Gasteiger partial charge in [0, 0.05) is 48.4 Å². The Morgan fingerprint density at radius 1 is 1.00 bits per heavy atom. The Bertz CT molecular complexity index is 1700. The van der Waals surface area contributed by atoms with Gasteiger partial charge < -0.3 is 15.1 Å². The van der Waals surface area contributed by atoms with Crippen molar-refractivity contribution in [2.75, 3.05) is 24.7 Å². The molecule has 0 bridgehead atoms. The Hall–Kier alpha value is -4.81. The van der Waals surface area contributed by atoms with E-state index in [0.29, 0.717) is 41.4 Å². The number of anilines is 1. The number of benzene rings is 2. The van der Waals surface area contributed by atoms with E-state index in [1.54, 1.807) is 42.3 Å².